The van der Waals surface area contributed by atoms with Crippen LogP contribution in [0.15, 0.2) is 30.9 Å². The lowest BCUT2D eigenvalue weighted by molar-refractivity contribution is 0.415. The molecule has 0 spiro atoms. The van der Waals surface area contributed by atoms with E-state index in [0.717, 1.165) is 41.3 Å². The molecule has 0 saturated heterocycles. The van der Waals surface area contributed by atoms with Crippen molar-refractivity contribution < 1.29 is 4.74 Å². The second-order valence-electron chi connectivity index (χ2n) is 7.72. The molecule has 0 aliphatic carbocycles. The molecule has 0 aromatic carbocycles. The lowest BCUT2D eigenvalue weighted by Gasteiger charge is -2.12. The van der Waals surface area contributed by atoms with E-state index < -0.39 is 0 Å². The maximum Gasteiger partial charge on any atom is 0.197 e. The highest BCUT2D eigenvalue weighted by Gasteiger charge is 2.14. The first-order valence-electron chi connectivity index (χ1n) is 9.69. The number of rotatable bonds is 6. The van der Waals surface area contributed by atoms with Crippen LogP contribution in [0.5, 0.6) is 5.75 Å². The Bertz CT molecular complexity index is 1130. The molecule has 0 amide bonds. The van der Waals surface area contributed by atoms with E-state index in [1.807, 2.05) is 16.8 Å². The first kappa shape index (κ1) is 18.4. The SMILES string of the molecule is COc1cc(C(C)CCc2nc3c(C)cc(C(C)C)cn3n2)cn2ncnc12. The van der Waals surface area contributed by atoms with Crippen LogP contribution in [-0.4, -0.2) is 36.3 Å². The Hall–Kier alpha value is -2.96. The number of aryl methyl sites for hydroxylation is 2. The molecule has 28 heavy (non-hydrogen) atoms. The Morgan fingerprint density at radius 1 is 1.04 bits per heavy atom. The average molecular weight is 378 g/mol. The third kappa shape index (κ3) is 3.32. The van der Waals surface area contributed by atoms with Gasteiger partial charge in [-0.25, -0.2) is 19.0 Å². The molecule has 0 N–H and O–H groups in total. The topological polar surface area (TPSA) is 69.6 Å². The summed E-state index contributed by atoms with van der Waals surface area (Å²) in [4.78, 5) is 8.99. The zero-order chi connectivity index (χ0) is 19.8. The van der Waals surface area contributed by atoms with Gasteiger partial charge < -0.3 is 4.74 Å². The molecule has 7 nitrogen and oxygen atoms in total. The molecule has 146 valence electrons. The number of nitrogens with zero attached hydrogens (tertiary/aromatic N) is 6. The number of hydrogen-bond donors (Lipinski definition) is 0. The molecule has 4 rings (SSSR count). The van der Waals surface area contributed by atoms with Crippen LogP contribution in [0.3, 0.4) is 0 Å². The molecule has 4 aromatic rings. The summed E-state index contributed by atoms with van der Waals surface area (Å²) in [5.41, 5.74) is 5.29. The van der Waals surface area contributed by atoms with Crippen molar-refractivity contribution in [3.63, 3.8) is 0 Å². The van der Waals surface area contributed by atoms with Gasteiger partial charge in [-0.2, -0.15) is 10.2 Å². The Balaban J connectivity index is 1.55. The summed E-state index contributed by atoms with van der Waals surface area (Å²) >= 11 is 0. The van der Waals surface area contributed by atoms with Gasteiger partial charge in [0.15, 0.2) is 22.9 Å². The van der Waals surface area contributed by atoms with Gasteiger partial charge in [0, 0.05) is 18.8 Å². The van der Waals surface area contributed by atoms with E-state index in [9.17, 15) is 0 Å². The standard InChI is InChI=1S/C21H26N6O/c1-13(2)16-8-15(4)20-24-19(25-27(20)10-16)7-6-14(3)17-9-18(28-5)21-22-12-23-26(21)11-17/h8-14H,6-7H2,1-5H3. The van der Waals surface area contributed by atoms with Crippen LogP contribution in [0.1, 0.15) is 61.5 Å². The van der Waals surface area contributed by atoms with Gasteiger partial charge in [0.1, 0.15) is 6.33 Å². The summed E-state index contributed by atoms with van der Waals surface area (Å²) in [6, 6.07) is 4.26. The van der Waals surface area contributed by atoms with Gasteiger partial charge in [-0.1, -0.05) is 26.8 Å². The van der Waals surface area contributed by atoms with Crippen LogP contribution >= 0.6 is 0 Å². The van der Waals surface area contributed by atoms with Crippen molar-refractivity contribution in [3.8, 4) is 5.75 Å². The fourth-order valence-electron chi connectivity index (χ4n) is 3.49. The van der Waals surface area contributed by atoms with Crippen molar-refractivity contribution in [2.24, 2.45) is 0 Å². The minimum absolute atomic E-state index is 0.321. The molecule has 0 aliphatic heterocycles. The van der Waals surface area contributed by atoms with Gasteiger partial charge in [0.05, 0.1) is 7.11 Å². The maximum atomic E-state index is 5.47. The second kappa shape index (κ2) is 7.22. The molecular weight excluding hydrogens is 352 g/mol. The quantitative estimate of drug-likeness (QED) is 0.508. The highest BCUT2D eigenvalue weighted by atomic mass is 16.5. The molecule has 0 saturated carbocycles. The maximum absolute atomic E-state index is 5.47. The number of ether oxygens (including phenoxy) is 1. The number of fused-ring (bicyclic) bond motifs is 2. The third-order valence-electron chi connectivity index (χ3n) is 5.30. The molecule has 0 fully saturated rings. The Morgan fingerprint density at radius 3 is 2.57 bits per heavy atom. The summed E-state index contributed by atoms with van der Waals surface area (Å²) in [5.74, 6) is 2.41. The fraction of sp³-hybridized carbons (Fsp3) is 0.429. The normalized spacial score (nSPS) is 12.9. The van der Waals surface area contributed by atoms with E-state index >= 15 is 0 Å². The van der Waals surface area contributed by atoms with Gasteiger partial charge >= 0.3 is 0 Å². The van der Waals surface area contributed by atoms with E-state index in [-0.39, 0.29) is 0 Å². The predicted octanol–water partition coefficient (Wildman–Crippen LogP) is 3.95. The minimum Gasteiger partial charge on any atom is -0.493 e. The molecule has 7 heteroatoms. The summed E-state index contributed by atoms with van der Waals surface area (Å²) in [6.07, 6.45) is 7.41. The van der Waals surface area contributed by atoms with Crippen molar-refractivity contribution in [3.05, 3.63) is 53.4 Å². The fourth-order valence-corrected chi connectivity index (χ4v) is 3.49. The van der Waals surface area contributed by atoms with Crippen LogP contribution in [0.2, 0.25) is 0 Å². The largest absolute Gasteiger partial charge is 0.493 e. The Labute approximate surface area is 164 Å². The molecule has 4 heterocycles. The third-order valence-corrected chi connectivity index (χ3v) is 5.30. The lowest BCUT2D eigenvalue weighted by atomic mass is 9.97. The van der Waals surface area contributed by atoms with E-state index in [1.165, 1.54) is 11.1 Å². The molecular formula is C21H26N6O. The van der Waals surface area contributed by atoms with Gasteiger partial charge in [-0.15, -0.1) is 0 Å². The average Bonchev–Trinajstić information content (AvgIpc) is 3.31. The molecule has 1 atom stereocenters. The summed E-state index contributed by atoms with van der Waals surface area (Å²) in [6.45, 7) is 8.69. The van der Waals surface area contributed by atoms with Crippen molar-refractivity contribution in [1.82, 2.24) is 29.2 Å². The zero-order valence-electron chi connectivity index (χ0n) is 17.0. The highest BCUT2D eigenvalue weighted by molar-refractivity contribution is 5.54. The van der Waals surface area contributed by atoms with Crippen LogP contribution in [-0.2, 0) is 6.42 Å². The van der Waals surface area contributed by atoms with Crippen LogP contribution < -0.4 is 4.74 Å². The van der Waals surface area contributed by atoms with Crippen LogP contribution in [0, 0.1) is 6.92 Å². The van der Waals surface area contributed by atoms with Crippen molar-refractivity contribution in [1.29, 1.82) is 0 Å². The molecule has 0 radical (unpaired) electrons. The summed E-state index contributed by atoms with van der Waals surface area (Å²) in [7, 11) is 1.66. The Morgan fingerprint density at radius 2 is 1.82 bits per heavy atom. The van der Waals surface area contributed by atoms with Gasteiger partial charge in [-0.05, 0) is 47.9 Å². The molecule has 1 unspecified atom stereocenters. The summed E-state index contributed by atoms with van der Waals surface area (Å²) in [5, 5.41) is 8.96. The van der Waals surface area contributed by atoms with E-state index in [1.54, 1.807) is 18.0 Å². The van der Waals surface area contributed by atoms with Crippen LogP contribution in [0.25, 0.3) is 11.3 Å². The number of aromatic nitrogens is 6. The van der Waals surface area contributed by atoms with Gasteiger partial charge in [0.2, 0.25) is 0 Å². The second-order valence-corrected chi connectivity index (χ2v) is 7.72. The molecule has 4 aromatic heterocycles. The number of hydrogen-bond acceptors (Lipinski definition) is 5. The number of pyridine rings is 2. The highest BCUT2D eigenvalue weighted by Crippen LogP contribution is 2.27. The van der Waals surface area contributed by atoms with E-state index in [2.05, 4.69) is 50.0 Å². The first-order valence-corrected chi connectivity index (χ1v) is 9.69. The van der Waals surface area contributed by atoms with Crippen molar-refractivity contribution in [2.45, 2.75) is 52.4 Å². The molecule has 0 aliphatic rings. The van der Waals surface area contributed by atoms with Gasteiger partial charge in [0.25, 0.3) is 0 Å². The number of methoxy groups -OCH3 is 1. The Kier molecular flexibility index (Phi) is 4.75. The predicted molar refractivity (Wildman–Crippen MR) is 108 cm³/mol. The zero-order valence-corrected chi connectivity index (χ0v) is 17.0. The molecule has 0 bridgehead atoms. The first-order chi connectivity index (χ1) is 13.5. The van der Waals surface area contributed by atoms with Gasteiger partial charge in [-0.3, -0.25) is 0 Å². The summed E-state index contributed by atoms with van der Waals surface area (Å²) < 4.78 is 9.17. The smallest absolute Gasteiger partial charge is 0.197 e. The monoisotopic (exact) mass is 378 g/mol. The van der Waals surface area contributed by atoms with E-state index in [0.29, 0.717) is 11.8 Å². The van der Waals surface area contributed by atoms with Crippen molar-refractivity contribution >= 4 is 11.3 Å². The van der Waals surface area contributed by atoms with E-state index in [4.69, 9.17) is 14.8 Å². The lowest BCUT2D eigenvalue weighted by Crippen LogP contribution is -2.02. The minimum atomic E-state index is 0.321. The van der Waals surface area contributed by atoms with Crippen molar-refractivity contribution in [2.75, 3.05) is 7.11 Å². The van der Waals surface area contributed by atoms with Crippen LogP contribution in [0.4, 0.5) is 0 Å².